The summed E-state index contributed by atoms with van der Waals surface area (Å²) in [7, 11) is 3.40. The van der Waals surface area contributed by atoms with Crippen molar-refractivity contribution in [1.29, 1.82) is 0 Å². The highest BCUT2D eigenvalue weighted by Crippen LogP contribution is 2.12. The summed E-state index contributed by atoms with van der Waals surface area (Å²) in [5.74, 6) is -0.302. The molecule has 2 rings (SSSR count). The first-order chi connectivity index (χ1) is 9.60. The first-order valence-electron chi connectivity index (χ1n) is 6.16. The first kappa shape index (κ1) is 14.2. The summed E-state index contributed by atoms with van der Waals surface area (Å²) >= 11 is 0. The fraction of sp³-hybridized carbons (Fsp3) is 0.417. The van der Waals surface area contributed by atoms with Gasteiger partial charge in [0, 0.05) is 32.1 Å². The molecule has 0 fully saturated rings. The molecule has 108 valence electrons. The lowest BCUT2D eigenvalue weighted by Gasteiger charge is -2.08. The zero-order valence-electron chi connectivity index (χ0n) is 11.5. The molecule has 0 aliphatic heterocycles. The molecule has 0 radical (unpaired) electrons. The molecule has 0 bridgehead atoms. The van der Waals surface area contributed by atoms with E-state index < -0.39 is 6.04 Å². The summed E-state index contributed by atoms with van der Waals surface area (Å²) < 4.78 is 8.25. The molecule has 0 aliphatic rings. The smallest absolute Gasteiger partial charge is 0.246 e. The second-order valence-corrected chi connectivity index (χ2v) is 4.40. The van der Waals surface area contributed by atoms with Crippen LogP contribution in [-0.2, 0) is 23.1 Å². The van der Waals surface area contributed by atoms with E-state index >= 15 is 0 Å². The number of rotatable bonds is 6. The van der Waals surface area contributed by atoms with Crippen LogP contribution >= 0.6 is 0 Å². The van der Waals surface area contributed by atoms with Crippen molar-refractivity contribution in [1.82, 2.24) is 19.6 Å². The van der Waals surface area contributed by atoms with Crippen molar-refractivity contribution < 1.29 is 9.53 Å². The van der Waals surface area contributed by atoms with Crippen LogP contribution in [0.2, 0.25) is 0 Å². The number of amides is 1. The van der Waals surface area contributed by atoms with Gasteiger partial charge in [0.15, 0.2) is 0 Å². The number of carbonyl (C=O) groups excluding carboxylic acids is 1. The summed E-state index contributed by atoms with van der Waals surface area (Å²) in [4.78, 5) is 12.0. The van der Waals surface area contributed by atoms with Crippen molar-refractivity contribution in [3.8, 4) is 0 Å². The number of methoxy groups -OCH3 is 1. The molecule has 2 aromatic heterocycles. The second-order valence-electron chi connectivity index (χ2n) is 4.40. The van der Waals surface area contributed by atoms with Gasteiger partial charge in [-0.25, -0.2) is 0 Å². The van der Waals surface area contributed by atoms with E-state index in [1.54, 1.807) is 48.3 Å². The Kier molecular flexibility index (Phi) is 4.49. The van der Waals surface area contributed by atoms with Crippen LogP contribution in [0, 0.1) is 0 Å². The molecule has 0 aliphatic carbocycles. The molecule has 0 spiro atoms. The van der Waals surface area contributed by atoms with Crippen LogP contribution in [-0.4, -0.2) is 39.2 Å². The molecule has 8 heteroatoms. The van der Waals surface area contributed by atoms with Gasteiger partial charge in [-0.1, -0.05) is 0 Å². The van der Waals surface area contributed by atoms with Gasteiger partial charge in [-0.05, 0) is 0 Å². The Morgan fingerprint density at radius 3 is 2.90 bits per heavy atom. The van der Waals surface area contributed by atoms with Crippen LogP contribution in [0.15, 0.2) is 24.8 Å². The molecular weight excluding hydrogens is 260 g/mol. The average Bonchev–Trinajstić information content (AvgIpc) is 3.04. The van der Waals surface area contributed by atoms with Gasteiger partial charge in [-0.3, -0.25) is 14.2 Å². The largest absolute Gasteiger partial charge is 0.383 e. The molecule has 3 N–H and O–H groups in total. The van der Waals surface area contributed by atoms with E-state index in [1.165, 1.54) is 0 Å². The number of ether oxygens (including phenoxy) is 1. The maximum atomic E-state index is 12.0. The minimum atomic E-state index is -0.758. The monoisotopic (exact) mass is 278 g/mol. The fourth-order valence-corrected chi connectivity index (χ4v) is 1.71. The molecule has 1 atom stereocenters. The molecule has 0 aromatic carbocycles. The number of carbonyl (C=O) groups is 1. The lowest BCUT2D eigenvalue weighted by Crippen LogP contribution is -2.27. The minimum absolute atomic E-state index is 0.302. The third kappa shape index (κ3) is 3.43. The number of hydrogen-bond donors (Lipinski definition) is 2. The number of aryl methyl sites for hydroxylation is 1. The summed E-state index contributed by atoms with van der Waals surface area (Å²) in [6, 6.07) is -0.758. The maximum Gasteiger partial charge on any atom is 0.246 e. The van der Waals surface area contributed by atoms with Crippen LogP contribution in [0.4, 0.5) is 5.69 Å². The first-order valence-corrected chi connectivity index (χ1v) is 6.16. The number of nitrogens with one attached hydrogen (secondary N) is 1. The zero-order chi connectivity index (χ0) is 14.5. The topological polar surface area (TPSA) is 100.0 Å². The van der Waals surface area contributed by atoms with Crippen molar-refractivity contribution >= 4 is 11.6 Å². The Bertz CT molecular complexity index is 576. The summed E-state index contributed by atoms with van der Waals surface area (Å²) in [6.45, 7) is 1.19. The highest BCUT2D eigenvalue weighted by molar-refractivity contribution is 5.95. The van der Waals surface area contributed by atoms with E-state index in [4.69, 9.17) is 10.5 Å². The van der Waals surface area contributed by atoms with Crippen molar-refractivity contribution in [3.63, 3.8) is 0 Å². The van der Waals surface area contributed by atoms with Crippen LogP contribution < -0.4 is 11.1 Å². The molecule has 0 saturated carbocycles. The predicted molar refractivity (Wildman–Crippen MR) is 72.9 cm³/mol. The van der Waals surface area contributed by atoms with Crippen LogP contribution in [0.5, 0.6) is 0 Å². The van der Waals surface area contributed by atoms with Gasteiger partial charge >= 0.3 is 0 Å². The van der Waals surface area contributed by atoms with Gasteiger partial charge in [0.1, 0.15) is 6.04 Å². The molecule has 8 nitrogen and oxygen atoms in total. The highest BCUT2D eigenvalue weighted by Gasteiger charge is 2.17. The van der Waals surface area contributed by atoms with E-state index in [-0.39, 0.29) is 5.91 Å². The fourth-order valence-electron chi connectivity index (χ4n) is 1.71. The van der Waals surface area contributed by atoms with Gasteiger partial charge in [-0.15, -0.1) is 0 Å². The second kappa shape index (κ2) is 6.31. The normalized spacial score (nSPS) is 12.3. The predicted octanol–water partition coefficient (Wildman–Crippen LogP) is -0.0985. The Labute approximate surface area is 116 Å². The Morgan fingerprint density at radius 1 is 1.45 bits per heavy atom. The number of nitrogens with two attached hydrogens (primary N) is 1. The van der Waals surface area contributed by atoms with Crippen LogP contribution in [0.3, 0.4) is 0 Å². The van der Waals surface area contributed by atoms with E-state index in [9.17, 15) is 4.79 Å². The zero-order valence-corrected chi connectivity index (χ0v) is 11.5. The van der Waals surface area contributed by atoms with E-state index in [0.717, 1.165) is 0 Å². The molecule has 2 aromatic rings. The average molecular weight is 278 g/mol. The Morgan fingerprint density at radius 2 is 2.25 bits per heavy atom. The number of nitrogens with zero attached hydrogens (tertiary/aromatic N) is 4. The molecule has 1 amide bonds. The van der Waals surface area contributed by atoms with E-state index in [0.29, 0.717) is 24.4 Å². The number of anilines is 1. The SMILES string of the molecule is COCCn1cc(NC(=O)C(N)c2cnn(C)c2)cn1. The van der Waals surface area contributed by atoms with Crippen LogP contribution in [0.25, 0.3) is 0 Å². The lowest BCUT2D eigenvalue weighted by atomic mass is 10.1. The molecule has 0 saturated heterocycles. The highest BCUT2D eigenvalue weighted by atomic mass is 16.5. The Balaban J connectivity index is 1.95. The van der Waals surface area contributed by atoms with Crippen molar-refractivity contribution in [2.24, 2.45) is 12.8 Å². The quantitative estimate of drug-likeness (QED) is 0.768. The molecule has 1 unspecified atom stereocenters. The van der Waals surface area contributed by atoms with Crippen molar-refractivity contribution in [2.75, 3.05) is 19.0 Å². The van der Waals surface area contributed by atoms with Crippen molar-refractivity contribution in [3.05, 3.63) is 30.4 Å². The standard InChI is InChI=1S/C12H18N6O2/c1-17-7-9(5-14-17)11(13)12(19)16-10-6-15-18(8-10)3-4-20-2/h5-8,11H,3-4,13H2,1-2H3,(H,16,19). The minimum Gasteiger partial charge on any atom is -0.383 e. The third-order valence-corrected chi connectivity index (χ3v) is 2.79. The maximum absolute atomic E-state index is 12.0. The van der Waals surface area contributed by atoms with Gasteiger partial charge in [0.2, 0.25) is 5.91 Å². The Hall–Kier alpha value is -2.19. The molecule has 2 heterocycles. The van der Waals surface area contributed by atoms with Gasteiger partial charge in [0.25, 0.3) is 0 Å². The summed E-state index contributed by atoms with van der Waals surface area (Å²) in [5.41, 5.74) is 7.14. The molecular formula is C12H18N6O2. The van der Waals surface area contributed by atoms with Crippen molar-refractivity contribution in [2.45, 2.75) is 12.6 Å². The lowest BCUT2D eigenvalue weighted by molar-refractivity contribution is -0.117. The van der Waals surface area contributed by atoms with E-state index in [1.807, 2.05) is 0 Å². The summed E-state index contributed by atoms with van der Waals surface area (Å²) in [5, 5.41) is 10.8. The third-order valence-electron chi connectivity index (χ3n) is 2.79. The summed E-state index contributed by atoms with van der Waals surface area (Å²) in [6.07, 6.45) is 6.59. The number of hydrogen-bond acceptors (Lipinski definition) is 5. The van der Waals surface area contributed by atoms with Crippen LogP contribution in [0.1, 0.15) is 11.6 Å². The van der Waals surface area contributed by atoms with Gasteiger partial charge in [-0.2, -0.15) is 10.2 Å². The molecule has 20 heavy (non-hydrogen) atoms. The van der Waals surface area contributed by atoms with Gasteiger partial charge < -0.3 is 15.8 Å². The van der Waals surface area contributed by atoms with E-state index in [2.05, 4.69) is 15.5 Å². The van der Waals surface area contributed by atoms with Gasteiger partial charge in [0.05, 0.1) is 31.2 Å². The number of aromatic nitrogens is 4.